The Hall–Kier alpha value is -0.450. The minimum absolute atomic E-state index is 0.301. The Balaban J connectivity index is 2.35. The summed E-state index contributed by atoms with van der Waals surface area (Å²) in [6.45, 7) is 13.1. The SMILES string of the molecule is CCCNCC(C)(C)CN(C)Cc1csc(C)n1. The summed E-state index contributed by atoms with van der Waals surface area (Å²) in [6.07, 6.45) is 1.20. The lowest BCUT2D eigenvalue weighted by Crippen LogP contribution is -2.39. The molecule has 4 heteroatoms. The number of hydrogen-bond acceptors (Lipinski definition) is 4. The standard InChI is InChI=1S/C14H27N3S/c1-6-7-15-10-14(3,4)11-17(5)8-13-9-18-12(2)16-13/h9,15H,6-8,10-11H2,1-5H3. The van der Waals surface area contributed by atoms with Gasteiger partial charge in [-0.1, -0.05) is 20.8 Å². The van der Waals surface area contributed by atoms with Crippen molar-refractivity contribution in [3.05, 3.63) is 16.1 Å². The summed E-state index contributed by atoms with van der Waals surface area (Å²) in [5.41, 5.74) is 1.49. The van der Waals surface area contributed by atoms with Crippen LogP contribution in [0.1, 0.15) is 37.9 Å². The number of hydrogen-bond donors (Lipinski definition) is 1. The van der Waals surface area contributed by atoms with Crippen LogP contribution in [-0.2, 0) is 6.54 Å². The van der Waals surface area contributed by atoms with Crippen molar-refractivity contribution in [2.24, 2.45) is 5.41 Å². The van der Waals surface area contributed by atoms with Gasteiger partial charge < -0.3 is 5.32 Å². The molecule has 1 aromatic rings. The molecular weight excluding hydrogens is 242 g/mol. The first-order valence-corrected chi connectivity index (χ1v) is 7.61. The lowest BCUT2D eigenvalue weighted by Gasteiger charge is -2.30. The van der Waals surface area contributed by atoms with Crippen LogP contribution in [0.15, 0.2) is 5.38 Å². The number of rotatable bonds is 8. The molecule has 1 heterocycles. The lowest BCUT2D eigenvalue weighted by atomic mass is 9.92. The van der Waals surface area contributed by atoms with E-state index in [9.17, 15) is 0 Å². The van der Waals surface area contributed by atoms with Crippen LogP contribution in [0.2, 0.25) is 0 Å². The molecule has 0 aliphatic rings. The molecule has 0 radical (unpaired) electrons. The van der Waals surface area contributed by atoms with Gasteiger partial charge in [0, 0.05) is 25.0 Å². The summed E-state index contributed by atoms with van der Waals surface area (Å²) in [5.74, 6) is 0. The number of aryl methyl sites for hydroxylation is 1. The fourth-order valence-electron chi connectivity index (χ4n) is 2.20. The highest BCUT2D eigenvalue weighted by Crippen LogP contribution is 2.17. The monoisotopic (exact) mass is 269 g/mol. The molecule has 18 heavy (non-hydrogen) atoms. The van der Waals surface area contributed by atoms with Crippen LogP contribution < -0.4 is 5.32 Å². The van der Waals surface area contributed by atoms with Gasteiger partial charge in [0.1, 0.15) is 0 Å². The van der Waals surface area contributed by atoms with Crippen molar-refractivity contribution in [3.63, 3.8) is 0 Å². The summed E-state index contributed by atoms with van der Waals surface area (Å²) in [7, 11) is 2.18. The molecule has 0 amide bonds. The van der Waals surface area contributed by atoms with Gasteiger partial charge >= 0.3 is 0 Å². The quantitative estimate of drug-likeness (QED) is 0.736. The second-order valence-electron chi connectivity index (χ2n) is 5.87. The average molecular weight is 269 g/mol. The number of nitrogens with zero attached hydrogens (tertiary/aromatic N) is 2. The highest BCUT2D eigenvalue weighted by atomic mass is 32.1. The third-order valence-electron chi connectivity index (χ3n) is 2.83. The van der Waals surface area contributed by atoms with Crippen LogP contribution in [0.5, 0.6) is 0 Å². The highest BCUT2D eigenvalue weighted by Gasteiger charge is 2.20. The summed E-state index contributed by atoms with van der Waals surface area (Å²) in [6, 6.07) is 0. The smallest absolute Gasteiger partial charge is 0.0897 e. The molecule has 1 rings (SSSR count). The Morgan fingerprint density at radius 3 is 2.72 bits per heavy atom. The topological polar surface area (TPSA) is 28.2 Å². The number of nitrogens with one attached hydrogen (secondary N) is 1. The Morgan fingerprint density at radius 1 is 1.44 bits per heavy atom. The predicted molar refractivity (Wildman–Crippen MR) is 80.1 cm³/mol. The van der Waals surface area contributed by atoms with E-state index in [4.69, 9.17) is 0 Å². The molecule has 0 spiro atoms. The van der Waals surface area contributed by atoms with Gasteiger partial charge in [-0.2, -0.15) is 0 Å². The lowest BCUT2D eigenvalue weighted by molar-refractivity contribution is 0.197. The van der Waals surface area contributed by atoms with Crippen LogP contribution in [0.4, 0.5) is 0 Å². The van der Waals surface area contributed by atoms with Crippen LogP contribution in [0.25, 0.3) is 0 Å². The maximum absolute atomic E-state index is 4.52. The Labute approximate surface area is 116 Å². The molecule has 0 bridgehead atoms. The van der Waals surface area contributed by atoms with Crippen LogP contribution in [-0.4, -0.2) is 36.6 Å². The van der Waals surface area contributed by atoms with Gasteiger partial charge in [-0.3, -0.25) is 4.90 Å². The average Bonchev–Trinajstić information content (AvgIpc) is 2.63. The zero-order chi connectivity index (χ0) is 13.6. The van der Waals surface area contributed by atoms with Crippen LogP contribution in [0, 0.1) is 12.3 Å². The van der Waals surface area contributed by atoms with Crippen LogP contribution in [0.3, 0.4) is 0 Å². The van der Waals surface area contributed by atoms with E-state index in [0.29, 0.717) is 5.41 Å². The minimum Gasteiger partial charge on any atom is -0.316 e. The third kappa shape index (κ3) is 5.94. The summed E-state index contributed by atoms with van der Waals surface area (Å²) >= 11 is 1.73. The highest BCUT2D eigenvalue weighted by molar-refractivity contribution is 7.09. The summed E-state index contributed by atoms with van der Waals surface area (Å²) in [4.78, 5) is 6.88. The van der Waals surface area contributed by atoms with Crippen molar-refractivity contribution in [1.29, 1.82) is 0 Å². The molecule has 3 nitrogen and oxygen atoms in total. The minimum atomic E-state index is 0.301. The first kappa shape index (κ1) is 15.6. The zero-order valence-corrected chi connectivity index (χ0v) is 13.2. The molecule has 0 aliphatic heterocycles. The van der Waals surface area contributed by atoms with E-state index in [2.05, 4.69) is 55.3 Å². The molecule has 0 unspecified atom stereocenters. The zero-order valence-electron chi connectivity index (χ0n) is 12.4. The molecule has 1 aromatic heterocycles. The second kappa shape index (κ2) is 7.22. The summed E-state index contributed by atoms with van der Waals surface area (Å²) < 4.78 is 0. The fourth-order valence-corrected chi connectivity index (χ4v) is 2.81. The Morgan fingerprint density at radius 2 is 2.17 bits per heavy atom. The van der Waals surface area contributed by atoms with Gasteiger partial charge in [0.2, 0.25) is 0 Å². The van der Waals surface area contributed by atoms with Crippen molar-refractivity contribution in [1.82, 2.24) is 15.2 Å². The molecule has 0 saturated heterocycles. The Bertz CT molecular complexity index is 347. The molecule has 0 aliphatic carbocycles. The second-order valence-corrected chi connectivity index (χ2v) is 6.93. The number of aromatic nitrogens is 1. The maximum Gasteiger partial charge on any atom is 0.0897 e. The molecule has 0 fully saturated rings. The molecule has 0 aromatic carbocycles. The van der Waals surface area contributed by atoms with E-state index in [1.165, 1.54) is 12.1 Å². The molecule has 0 saturated carbocycles. The van der Waals surface area contributed by atoms with E-state index >= 15 is 0 Å². The first-order chi connectivity index (χ1) is 8.43. The van der Waals surface area contributed by atoms with Gasteiger partial charge in [-0.05, 0) is 32.4 Å². The van der Waals surface area contributed by atoms with Crippen molar-refractivity contribution in [2.45, 2.75) is 40.7 Å². The van der Waals surface area contributed by atoms with Gasteiger partial charge in [0.25, 0.3) is 0 Å². The third-order valence-corrected chi connectivity index (χ3v) is 3.65. The molecular formula is C14H27N3S. The van der Waals surface area contributed by atoms with Gasteiger partial charge in [-0.25, -0.2) is 4.98 Å². The van der Waals surface area contributed by atoms with Crippen molar-refractivity contribution >= 4 is 11.3 Å². The van der Waals surface area contributed by atoms with E-state index < -0.39 is 0 Å². The van der Waals surface area contributed by atoms with Crippen molar-refractivity contribution in [2.75, 3.05) is 26.7 Å². The van der Waals surface area contributed by atoms with Crippen LogP contribution >= 0.6 is 11.3 Å². The Kier molecular flexibility index (Phi) is 6.26. The molecule has 0 atom stereocenters. The fraction of sp³-hybridized carbons (Fsp3) is 0.786. The predicted octanol–water partition coefficient (Wildman–Crippen LogP) is 2.91. The van der Waals surface area contributed by atoms with Crippen molar-refractivity contribution in [3.8, 4) is 0 Å². The maximum atomic E-state index is 4.52. The van der Waals surface area contributed by atoms with Gasteiger partial charge in [-0.15, -0.1) is 11.3 Å². The molecule has 104 valence electrons. The van der Waals surface area contributed by atoms with E-state index in [-0.39, 0.29) is 0 Å². The normalized spacial score (nSPS) is 12.3. The largest absolute Gasteiger partial charge is 0.316 e. The van der Waals surface area contributed by atoms with Gasteiger partial charge in [0.05, 0.1) is 10.7 Å². The van der Waals surface area contributed by atoms with E-state index in [0.717, 1.165) is 31.2 Å². The van der Waals surface area contributed by atoms with E-state index in [1.807, 2.05) is 0 Å². The van der Waals surface area contributed by atoms with Gasteiger partial charge in [0.15, 0.2) is 0 Å². The molecule has 1 N–H and O–H groups in total. The first-order valence-electron chi connectivity index (χ1n) is 6.73. The summed E-state index contributed by atoms with van der Waals surface area (Å²) in [5, 5.41) is 6.82. The number of thiazole rings is 1. The van der Waals surface area contributed by atoms with E-state index in [1.54, 1.807) is 11.3 Å². The van der Waals surface area contributed by atoms with Crippen molar-refractivity contribution < 1.29 is 0 Å².